The third-order valence-electron chi connectivity index (χ3n) is 3.47. The Hall–Kier alpha value is -2.24. The number of carbonyl (C=O) groups excluding carboxylic acids is 1. The Morgan fingerprint density at radius 2 is 1.96 bits per heavy atom. The van der Waals surface area contributed by atoms with Gasteiger partial charge in [-0.25, -0.2) is 4.98 Å². The fraction of sp³-hybridized carbons (Fsp3) is 0.167. The lowest BCUT2D eigenvalue weighted by atomic mass is 10.2. The first-order valence-electron chi connectivity index (χ1n) is 7.55. The average Bonchev–Trinajstić information content (AvgIpc) is 2.97. The number of pyridine rings is 1. The van der Waals surface area contributed by atoms with Crippen molar-refractivity contribution in [3.05, 3.63) is 75.0 Å². The van der Waals surface area contributed by atoms with Crippen LogP contribution in [-0.4, -0.2) is 15.9 Å². The average molecular weight is 358 g/mol. The zero-order chi connectivity index (χ0) is 16.9. The number of anilines is 1. The Balaban J connectivity index is 1.66. The van der Waals surface area contributed by atoms with Crippen LogP contribution < -0.4 is 5.32 Å². The Morgan fingerprint density at radius 1 is 1.17 bits per heavy atom. The largest absolute Gasteiger partial charge is 0.321 e. The van der Waals surface area contributed by atoms with E-state index in [1.54, 1.807) is 30.5 Å². The molecule has 0 aliphatic heterocycles. The van der Waals surface area contributed by atoms with Gasteiger partial charge >= 0.3 is 0 Å². The van der Waals surface area contributed by atoms with Crippen molar-refractivity contribution in [1.29, 1.82) is 0 Å². The first-order valence-corrected chi connectivity index (χ1v) is 8.74. The topological polar surface area (TPSA) is 54.9 Å². The highest BCUT2D eigenvalue weighted by molar-refractivity contribution is 7.13. The minimum Gasteiger partial charge on any atom is -0.321 e. The number of thiazole rings is 1. The van der Waals surface area contributed by atoms with Crippen LogP contribution in [0.4, 0.5) is 5.69 Å². The smallest absolute Gasteiger partial charge is 0.267 e. The fourth-order valence-electron chi connectivity index (χ4n) is 2.27. The molecule has 2 heterocycles. The van der Waals surface area contributed by atoms with E-state index in [-0.39, 0.29) is 5.91 Å². The molecule has 3 rings (SSSR count). The third kappa shape index (κ3) is 4.19. The maximum absolute atomic E-state index is 12.4. The van der Waals surface area contributed by atoms with E-state index in [2.05, 4.69) is 15.3 Å². The summed E-state index contributed by atoms with van der Waals surface area (Å²) in [5.41, 5.74) is 2.49. The van der Waals surface area contributed by atoms with Gasteiger partial charge in [0.2, 0.25) is 0 Å². The molecule has 0 unspecified atom stereocenters. The number of aryl methyl sites for hydroxylation is 3. The number of aromatic nitrogens is 2. The number of rotatable bonds is 5. The Labute approximate surface area is 149 Å². The molecule has 6 heteroatoms. The molecule has 0 aliphatic carbocycles. The van der Waals surface area contributed by atoms with E-state index in [1.165, 1.54) is 11.3 Å². The molecule has 0 aliphatic rings. The van der Waals surface area contributed by atoms with E-state index < -0.39 is 0 Å². The van der Waals surface area contributed by atoms with Gasteiger partial charge in [-0.3, -0.25) is 9.78 Å². The maximum atomic E-state index is 12.4. The van der Waals surface area contributed by atoms with Crippen LogP contribution in [0, 0.1) is 6.92 Å². The highest BCUT2D eigenvalue weighted by atomic mass is 35.5. The lowest BCUT2D eigenvalue weighted by Gasteiger charge is -2.03. The summed E-state index contributed by atoms with van der Waals surface area (Å²) in [6.45, 7) is 1.86. The lowest BCUT2D eigenvalue weighted by Crippen LogP contribution is -2.11. The van der Waals surface area contributed by atoms with Crippen LogP contribution in [-0.2, 0) is 12.8 Å². The van der Waals surface area contributed by atoms with Gasteiger partial charge in [0, 0.05) is 29.0 Å². The van der Waals surface area contributed by atoms with Crippen LogP contribution in [0.15, 0.2) is 48.7 Å². The van der Waals surface area contributed by atoms with E-state index in [9.17, 15) is 4.79 Å². The fourth-order valence-corrected chi connectivity index (χ4v) is 3.36. The quantitative estimate of drug-likeness (QED) is 0.729. The predicted molar refractivity (Wildman–Crippen MR) is 97.9 cm³/mol. The molecule has 1 N–H and O–H groups in total. The normalized spacial score (nSPS) is 10.6. The van der Waals surface area contributed by atoms with Crippen molar-refractivity contribution in [2.45, 2.75) is 19.8 Å². The molecule has 0 saturated carbocycles. The number of carbonyl (C=O) groups is 1. The standard InChI is InChI=1S/C18H16ClN3OS/c1-12-17(18(23)22-15-7-5-13(19)6-8-15)24-16(21-12)10-9-14-4-2-3-11-20-14/h2-8,11H,9-10H2,1H3,(H,22,23). The number of amides is 1. The van der Waals surface area contributed by atoms with E-state index in [4.69, 9.17) is 11.6 Å². The molecule has 1 aromatic carbocycles. The second kappa shape index (κ2) is 7.55. The summed E-state index contributed by atoms with van der Waals surface area (Å²) in [5.74, 6) is -0.142. The summed E-state index contributed by atoms with van der Waals surface area (Å²) < 4.78 is 0. The third-order valence-corrected chi connectivity index (χ3v) is 4.94. The predicted octanol–water partition coefficient (Wildman–Crippen LogP) is 4.54. The summed E-state index contributed by atoms with van der Waals surface area (Å²) in [6.07, 6.45) is 3.37. The molecule has 122 valence electrons. The highest BCUT2D eigenvalue weighted by Crippen LogP contribution is 2.22. The zero-order valence-corrected chi connectivity index (χ0v) is 14.7. The second-order valence-electron chi connectivity index (χ2n) is 5.30. The molecule has 0 fully saturated rings. The molecule has 0 saturated heterocycles. The van der Waals surface area contributed by atoms with Crippen LogP contribution in [0.5, 0.6) is 0 Å². The zero-order valence-electron chi connectivity index (χ0n) is 13.1. The molecule has 0 bridgehead atoms. The number of benzene rings is 1. The Morgan fingerprint density at radius 3 is 2.67 bits per heavy atom. The molecule has 1 amide bonds. The van der Waals surface area contributed by atoms with Crippen LogP contribution in [0.1, 0.15) is 26.1 Å². The van der Waals surface area contributed by atoms with Crippen molar-refractivity contribution in [2.75, 3.05) is 5.32 Å². The van der Waals surface area contributed by atoms with Gasteiger partial charge in [-0.1, -0.05) is 17.7 Å². The van der Waals surface area contributed by atoms with Gasteiger partial charge in [-0.05, 0) is 49.7 Å². The van der Waals surface area contributed by atoms with Gasteiger partial charge in [-0.2, -0.15) is 0 Å². The van der Waals surface area contributed by atoms with Crippen molar-refractivity contribution < 1.29 is 4.79 Å². The maximum Gasteiger partial charge on any atom is 0.267 e. The minimum absolute atomic E-state index is 0.142. The van der Waals surface area contributed by atoms with Gasteiger partial charge in [0.1, 0.15) is 4.88 Å². The van der Waals surface area contributed by atoms with Gasteiger partial charge < -0.3 is 5.32 Å². The first kappa shape index (κ1) is 16.6. The second-order valence-corrected chi connectivity index (χ2v) is 6.82. The summed E-state index contributed by atoms with van der Waals surface area (Å²) >= 11 is 7.29. The molecule has 3 aromatic rings. The van der Waals surface area contributed by atoms with Crippen molar-refractivity contribution >= 4 is 34.5 Å². The molecule has 0 radical (unpaired) electrons. The molecule has 4 nitrogen and oxygen atoms in total. The van der Waals surface area contributed by atoms with E-state index in [1.807, 2.05) is 25.1 Å². The van der Waals surface area contributed by atoms with Crippen LogP contribution in [0.2, 0.25) is 5.02 Å². The molecule has 2 aromatic heterocycles. The first-order chi connectivity index (χ1) is 11.6. The van der Waals surface area contributed by atoms with Crippen molar-refractivity contribution in [3.8, 4) is 0 Å². The summed E-state index contributed by atoms with van der Waals surface area (Å²) in [5, 5.41) is 4.46. The molecule has 0 spiro atoms. The molecule has 24 heavy (non-hydrogen) atoms. The van der Waals surface area contributed by atoms with Crippen LogP contribution in [0.3, 0.4) is 0 Å². The van der Waals surface area contributed by atoms with Crippen molar-refractivity contribution in [2.24, 2.45) is 0 Å². The molecule has 0 atom stereocenters. The van der Waals surface area contributed by atoms with Gasteiger partial charge in [-0.15, -0.1) is 11.3 Å². The SMILES string of the molecule is Cc1nc(CCc2ccccn2)sc1C(=O)Nc1ccc(Cl)cc1. The lowest BCUT2D eigenvalue weighted by molar-refractivity contribution is 0.103. The van der Waals surface area contributed by atoms with Crippen LogP contribution >= 0.6 is 22.9 Å². The van der Waals surface area contributed by atoms with Crippen LogP contribution in [0.25, 0.3) is 0 Å². The summed E-state index contributed by atoms with van der Waals surface area (Å²) in [6, 6.07) is 12.9. The van der Waals surface area contributed by atoms with E-state index in [0.29, 0.717) is 15.6 Å². The van der Waals surface area contributed by atoms with Gasteiger partial charge in [0.05, 0.1) is 10.7 Å². The summed E-state index contributed by atoms with van der Waals surface area (Å²) in [4.78, 5) is 21.9. The number of halogens is 1. The van der Waals surface area contributed by atoms with E-state index >= 15 is 0 Å². The number of nitrogens with one attached hydrogen (secondary N) is 1. The van der Waals surface area contributed by atoms with Crippen molar-refractivity contribution in [1.82, 2.24) is 9.97 Å². The molecular formula is C18H16ClN3OS. The van der Waals surface area contributed by atoms with E-state index in [0.717, 1.165) is 29.2 Å². The minimum atomic E-state index is -0.142. The van der Waals surface area contributed by atoms with Gasteiger partial charge in [0.15, 0.2) is 0 Å². The Kier molecular flexibility index (Phi) is 5.23. The number of hydrogen-bond acceptors (Lipinski definition) is 4. The number of hydrogen-bond donors (Lipinski definition) is 1. The Bertz CT molecular complexity index is 831. The summed E-state index contributed by atoms with van der Waals surface area (Å²) in [7, 11) is 0. The van der Waals surface area contributed by atoms with Gasteiger partial charge in [0.25, 0.3) is 5.91 Å². The monoisotopic (exact) mass is 357 g/mol. The molecular weight excluding hydrogens is 342 g/mol. The van der Waals surface area contributed by atoms with Crippen molar-refractivity contribution in [3.63, 3.8) is 0 Å². The highest BCUT2D eigenvalue weighted by Gasteiger charge is 2.15. The number of nitrogens with zero attached hydrogens (tertiary/aromatic N) is 2.